The zero-order valence-electron chi connectivity index (χ0n) is 12.8. The molecule has 0 saturated carbocycles. The van der Waals surface area contributed by atoms with E-state index in [9.17, 15) is 17.2 Å². The zero-order valence-corrected chi connectivity index (χ0v) is 13.6. The van der Waals surface area contributed by atoms with E-state index >= 15 is 0 Å². The first-order valence-corrected chi connectivity index (χ1v) is 8.80. The molecule has 0 unspecified atom stereocenters. The Hall–Kier alpha value is -2.25. The van der Waals surface area contributed by atoms with Crippen molar-refractivity contribution in [2.45, 2.75) is 10.6 Å². The Morgan fingerprint density at radius 3 is 2.29 bits per heavy atom. The van der Waals surface area contributed by atoms with Crippen molar-refractivity contribution < 1.29 is 21.9 Å². The summed E-state index contributed by atoms with van der Waals surface area (Å²) in [4.78, 5) is 0.108. The quantitative estimate of drug-likeness (QED) is 0.831. The number of nitrogens with two attached hydrogens (primary N) is 1. The van der Waals surface area contributed by atoms with E-state index in [1.54, 1.807) is 0 Å². The molecule has 2 N–H and O–H groups in total. The van der Waals surface area contributed by atoms with E-state index in [1.165, 1.54) is 54.6 Å². The molecule has 0 amide bonds. The van der Waals surface area contributed by atoms with Gasteiger partial charge in [-0.15, -0.1) is 0 Å². The molecular weight excluding hydrogens is 336 g/mol. The zero-order chi connectivity index (χ0) is 17.6. The summed E-state index contributed by atoms with van der Waals surface area (Å²) in [7, 11) is -3.56. The molecule has 0 radical (unpaired) electrons. The molecule has 0 fully saturated rings. The second-order valence-corrected chi connectivity index (χ2v) is 7.02. The van der Waals surface area contributed by atoms with Gasteiger partial charge in [0.05, 0.1) is 10.6 Å². The van der Waals surface area contributed by atoms with Crippen LogP contribution in [0.5, 0.6) is 5.75 Å². The number of rotatable bonds is 7. The molecule has 0 aromatic heterocycles. The first-order chi connectivity index (χ1) is 11.4. The van der Waals surface area contributed by atoms with E-state index < -0.39 is 21.5 Å². The third-order valence-corrected chi connectivity index (χ3v) is 4.87. The van der Waals surface area contributed by atoms with Gasteiger partial charge in [0, 0.05) is 6.54 Å². The molecule has 0 bridgehead atoms. The van der Waals surface area contributed by atoms with Crippen molar-refractivity contribution >= 4 is 9.84 Å². The van der Waals surface area contributed by atoms with Gasteiger partial charge in [-0.25, -0.2) is 17.2 Å². The van der Waals surface area contributed by atoms with E-state index in [4.69, 9.17) is 10.5 Å². The Labute approximate surface area is 139 Å². The van der Waals surface area contributed by atoms with Crippen LogP contribution in [-0.2, 0) is 15.6 Å². The molecule has 0 heterocycles. The van der Waals surface area contributed by atoms with Crippen molar-refractivity contribution in [3.63, 3.8) is 0 Å². The minimum Gasteiger partial charge on any atom is -0.487 e. The molecule has 128 valence electrons. The maximum Gasteiger partial charge on any atom is 0.182 e. The van der Waals surface area contributed by atoms with Gasteiger partial charge in [-0.3, -0.25) is 0 Å². The Kier molecular flexibility index (Phi) is 6.05. The van der Waals surface area contributed by atoms with Crippen LogP contribution < -0.4 is 10.5 Å². The van der Waals surface area contributed by atoms with Crippen molar-refractivity contribution in [3.8, 4) is 5.75 Å². The maximum absolute atomic E-state index is 13.2. The number of benzene rings is 2. The summed E-state index contributed by atoms with van der Waals surface area (Å²) < 4.78 is 55.9. The molecule has 0 aliphatic heterocycles. The van der Waals surface area contributed by atoms with Gasteiger partial charge in [-0.1, -0.05) is 12.1 Å². The molecule has 0 saturated heterocycles. The van der Waals surface area contributed by atoms with Crippen LogP contribution >= 0.6 is 0 Å². The highest BCUT2D eigenvalue weighted by Crippen LogP contribution is 2.20. The third kappa shape index (κ3) is 5.14. The monoisotopic (exact) mass is 353 g/mol. The fraction of sp³-hybridized carbons (Fsp3) is 0.176. The van der Waals surface area contributed by atoms with E-state index in [2.05, 4.69) is 0 Å². The fourth-order valence-corrected chi connectivity index (χ4v) is 3.31. The van der Waals surface area contributed by atoms with Crippen LogP contribution in [-0.4, -0.2) is 21.6 Å². The molecule has 4 nitrogen and oxygen atoms in total. The maximum atomic E-state index is 13.2. The molecule has 2 rings (SSSR count). The molecular formula is C17H17F2NO3S. The van der Waals surface area contributed by atoms with Gasteiger partial charge in [0.2, 0.25) is 0 Å². The van der Waals surface area contributed by atoms with Crippen molar-refractivity contribution in [3.05, 3.63) is 71.8 Å². The summed E-state index contributed by atoms with van der Waals surface area (Å²) in [6.45, 7) is -0.186. The first-order valence-electron chi connectivity index (χ1n) is 7.15. The molecule has 0 aliphatic carbocycles. The lowest BCUT2D eigenvalue weighted by atomic mass is 10.2. The van der Waals surface area contributed by atoms with E-state index in [0.29, 0.717) is 11.3 Å². The minimum absolute atomic E-state index is 0.0791. The van der Waals surface area contributed by atoms with E-state index in [0.717, 1.165) is 0 Å². The van der Waals surface area contributed by atoms with Crippen molar-refractivity contribution in [2.75, 3.05) is 13.2 Å². The molecule has 7 heteroatoms. The lowest BCUT2D eigenvalue weighted by Crippen LogP contribution is -2.05. The summed E-state index contributed by atoms with van der Waals surface area (Å²) in [5.41, 5.74) is 5.67. The Balaban J connectivity index is 2.05. The molecule has 0 atom stereocenters. The standard InChI is InChI=1S/C17H17F2NO3S/c18-14-3-1-13(2-4-14)12-24(21,22)17-7-5-16(6-8-17)23-11-15(19)9-10-20/h1-9H,10-12,20H2. The van der Waals surface area contributed by atoms with Crippen LogP contribution in [0, 0.1) is 5.82 Å². The van der Waals surface area contributed by atoms with Crippen molar-refractivity contribution in [2.24, 2.45) is 5.73 Å². The molecule has 0 spiro atoms. The highest BCUT2D eigenvalue weighted by atomic mass is 32.2. The van der Waals surface area contributed by atoms with Gasteiger partial charge in [-0.05, 0) is 48.0 Å². The van der Waals surface area contributed by atoms with Crippen LogP contribution in [0.15, 0.2) is 65.3 Å². The predicted molar refractivity (Wildman–Crippen MR) is 87.5 cm³/mol. The van der Waals surface area contributed by atoms with Gasteiger partial charge in [-0.2, -0.15) is 0 Å². The highest BCUT2D eigenvalue weighted by Gasteiger charge is 2.15. The van der Waals surface area contributed by atoms with Gasteiger partial charge in [0.15, 0.2) is 9.84 Å². The van der Waals surface area contributed by atoms with Gasteiger partial charge < -0.3 is 10.5 Å². The summed E-state index contributed by atoms with van der Waals surface area (Å²) >= 11 is 0. The number of hydrogen-bond donors (Lipinski definition) is 1. The molecule has 0 aliphatic rings. The predicted octanol–water partition coefficient (Wildman–Crippen LogP) is 2.99. The summed E-state index contributed by atoms with van der Waals surface area (Å²) in [5, 5.41) is 0. The second-order valence-electron chi connectivity index (χ2n) is 5.03. The van der Waals surface area contributed by atoms with Crippen LogP contribution in [0.25, 0.3) is 0 Å². The number of hydrogen-bond acceptors (Lipinski definition) is 4. The number of ether oxygens (including phenoxy) is 1. The normalized spacial score (nSPS) is 12.2. The molecule has 24 heavy (non-hydrogen) atoms. The SMILES string of the molecule is NCC=C(F)COc1ccc(S(=O)(=O)Cc2ccc(F)cc2)cc1. The van der Waals surface area contributed by atoms with Crippen LogP contribution in [0.4, 0.5) is 8.78 Å². The van der Waals surface area contributed by atoms with Crippen molar-refractivity contribution in [1.82, 2.24) is 0 Å². The smallest absolute Gasteiger partial charge is 0.182 e. The average molecular weight is 353 g/mol. The second kappa shape index (κ2) is 8.03. The summed E-state index contributed by atoms with van der Waals surface area (Å²) in [5.74, 6) is -0.808. The fourth-order valence-electron chi connectivity index (χ4n) is 1.97. The first kappa shape index (κ1) is 18.1. The highest BCUT2D eigenvalue weighted by molar-refractivity contribution is 7.90. The van der Waals surface area contributed by atoms with Crippen LogP contribution in [0.1, 0.15) is 5.56 Å². The van der Waals surface area contributed by atoms with E-state index in [-0.39, 0.29) is 23.8 Å². The molecule has 2 aromatic rings. The Morgan fingerprint density at radius 2 is 1.71 bits per heavy atom. The largest absolute Gasteiger partial charge is 0.487 e. The Bertz CT molecular complexity index is 801. The van der Waals surface area contributed by atoms with Crippen LogP contribution in [0.2, 0.25) is 0 Å². The summed E-state index contributed by atoms with van der Waals surface area (Å²) in [6, 6.07) is 11.0. The van der Waals surface area contributed by atoms with Gasteiger partial charge in [0.1, 0.15) is 24.0 Å². The minimum atomic E-state index is -3.56. The van der Waals surface area contributed by atoms with Crippen molar-refractivity contribution in [1.29, 1.82) is 0 Å². The van der Waals surface area contributed by atoms with Gasteiger partial charge >= 0.3 is 0 Å². The number of sulfone groups is 1. The molecule has 2 aromatic carbocycles. The van der Waals surface area contributed by atoms with Crippen LogP contribution in [0.3, 0.4) is 0 Å². The average Bonchev–Trinajstić information content (AvgIpc) is 2.56. The topological polar surface area (TPSA) is 69.4 Å². The number of halogens is 2. The van der Waals surface area contributed by atoms with Gasteiger partial charge in [0.25, 0.3) is 0 Å². The lowest BCUT2D eigenvalue weighted by Gasteiger charge is -2.07. The Morgan fingerprint density at radius 1 is 1.08 bits per heavy atom. The summed E-state index contributed by atoms with van der Waals surface area (Å²) in [6.07, 6.45) is 1.20. The third-order valence-electron chi connectivity index (χ3n) is 3.17. The van der Waals surface area contributed by atoms with E-state index in [1.807, 2.05) is 0 Å². The lowest BCUT2D eigenvalue weighted by molar-refractivity contribution is 0.318.